The first-order valence-electron chi connectivity index (χ1n) is 6.57. The van der Waals surface area contributed by atoms with Gasteiger partial charge in [-0.15, -0.1) is 0 Å². The summed E-state index contributed by atoms with van der Waals surface area (Å²) in [4.78, 5) is 14.2. The molecule has 0 unspecified atom stereocenters. The van der Waals surface area contributed by atoms with Crippen LogP contribution in [-0.4, -0.2) is 42.5 Å². The number of rotatable bonds is 4. The van der Waals surface area contributed by atoms with Gasteiger partial charge in [0.2, 0.25) is 0 Å². The van der Waals surface area contributed by atoms with Crippen LogP contribution in [0.4, 0.5) is 0 Å². The average Bonchev–Trinajstić information content (AvgIpc) is 2.28. The Labute approximate surface area is 109 Å². The van der Waals surface area contributed by atoms with Gasteiger partial charge in [0, 0.05) is 19.5 Å². The van der Waals surface area contributed by atoms with Gasteiger partial charge in [-0.2, -0.15) is 0 Å². The van der Waals surface area contributed by atoms with Crippen LogP contribution in [0.5, 0.6) is 0 Å². The molecule has 0 amide bonds. The standard InChI is InChI=1S/C15H21NO2/c1-12-9-16(10-13(2)18-12)11-15(17)8-14-6-4-3-5-7-14/h3-7,12-13H,8-11H2,1-2H3/t12-,13+. The van der Waals surface area contributed by atoms with E-state index in [-0.39, 0.29) is 18.0 Å². The van der Waals surface area contributed by atoms with Crippen LogP contribution in [0.2, 0.25) is 0 Å². The second kappa shape index (κ2) is 6.12. The molecular formula is C15H21NO2. The van der Waals surface area contributed by atoms with Crippen LogP contribution >= 0.6 is 0 Å². The van der Waals surface area contributed by atoms with Gasteiger partial charge < -0.3 is 4.74 Å². The first kappa shape index (κ1) is 13.2. The van der Waals surface area contributed by atoms with E-state index in [1.54, 1.807) is 0 Å². The Morgan fingerprint density at radius 1 is 1.22 bits per heavy atom. The lowest BCUT2D eigenvalue weighted by Crippen LogP contribution is -2.47. The van der Waals surface area contributed by atoms with Crippen molar-refractivity contribution in [3.8, 4) is 0 Å². The molecule has 0 radical (unpaired) electrons. The van der Waals surface area contributed by atoms with Gasteiger partial charge in [-0.25, -0.2) is 0 Å². The Bertz CT molecular complexity index is 381. The second-order valence-electron chi connectivity index (χ2n) is 5.15. The molecule has 1 fully saturated rings. The number of Topliss-reactive ketones (excluding diaryl/α,β-unsaturated/α-hetero) is 1. The molecule has 1 aliphatic heterocycles. The third-order valence-corrected chi connectivity index (χ3v) is 3.14. The van der Waals surface area contributed by atoms with Gasteiger partial charge in [0.25, 0.3) is 0 Å². The molecule has 18 heavy (non-hydrogen) atoms. The third-order valence-electron chi connectivity index (χ3n) is 3.14. The number of carbonyl (C=O) groups excluding carboxylic acids is 1. The zero-order valence-corrected chi connectivity index (χ0v) is 11.1. The molecule has 3 heteroatoms. The first-order valence-corrected chi connectivity index (χ1v) is 6.57. The Hall–Kier alpha value is -1.19. The van der Waals surface area contributed by atoms with Crippen LogP contribution in [0.3, 0.4) is 0 Å². The predicted molar refractivity (Wildman–Crippen MR) is 71.6 cm³/mol. The highest BCUT2D eigenvalue weighted by molar-refractivity contribution is 5.82. The van der Waals surface area contributed by atoms with Crippen molar-refractivity contribution in [3.63, 3.8) is 0 Å². The topological polar surface area (TPSA) is 29.5 Å². The summed E-state index contributed by atoms with van der Waals surface area (Å²) in [5.41, 5.74) is 1.09. The minimum atomic E-state index is 0.221. The van der Waals surface area contributed by atoms with Gasteiger partial charge in [-0.05, 0) is 19.4 Å². The molecule has 1 heterocycles. The maximum atomic E-state index is 12.0. The van der Waals surface area contributed by atoms with Crippen LogP contribution < -0.4 is 0 Å². The molecule has 2 atom stereocenters. The molecule has 0 aliphatic carbocycles. The smallest absolute Gasteiger partial charge is 0.151 e. The van der Waals surface area contributed by atoms with Crippen molar-refractivity contribution in [3.05, 3.63) is 35.9 Å². The molecule has 0 N–H and O–H groups in total. The minimum absolute atomic E-state index is 0.221. The number of nitrogens with zero attached hydrogens (tertiary/aromatic N) is 1. The van der Waals surface area contributed by atoms with Crippen molar-refractivity contribution >= 4 is 5.78 Å². The molecule has 1 saturated heterocycles. The average molecular weight is 247 g/mol. The highest BCUT2D eigenvalue weighted by Crippen LogP contribution is 2.11. The molecule has 1 aromatic carbocycles. The molecule has 2 rings (SSSR count). The Balaban J connectivity index is 1.84. The molecule has 1 aliphatic rings. The first-order chi connectivity index (χ1) is 8.63. The van der Waals surface area contributed by atoms with E-state index in [9.17, 15) is 4.79 Å². The van der Waals surface area contributed by atoms with Crippen molar-refractivity contribution in [1.82, 2.24) is 4.90 Å². The normalized spacial score (nSPS) is 25.0. The van der Waals surface area contributed by atoms with E-state index in [4.69, 9.17) is 4.74 Å². The highest BCUT2D eigenvalue weighted by atomic mass is 16.5. The molecule has 1 aromatic rings. The Morgan fingerprint density at radius 3 is 2.44 bits per heavy atom. The summed E-state index contributed by atoms with van der Waals surface area (Å²) in [5.74, 6) is 0.280. The SMILES string of the molecule is C[C@@H]1CN(CC(=O)Cc2ccccc2)C[C@H](C)O1. The number of benzene rings is 1. The van der Waals surface area contributed by atoms with Crippen molar-refractivity contribution in [1.29, 1.82) is 0 Å². The van der Waals surface area contributed by atoms with Crippen molar-refractivity contribution < 1.29 is 9.53 Å². The lowest BCUT2D eigenvalue weighted by Gasteiger charge is -2.34. The predicted octanol–water partition coefficient (Wildman–Crippen LogP) is 1.91. The quantitative estimate of drug-likeness (QED) is 0.814. The summed E-state index contributed by atoms with van der Waals surface area (Å²) in [7, 11) is 0. The number of morpholine rings is 1. The summed E-state index contributed by atoms with van der Waals surface area (Å²) in [6, 6.07) is 9.92. The van der Waals surface area contributed by atoms with E-state index < -0.39 is 0 Å². The van der Waals surface area contributed by atoms with Crippen LogP contribution in [0.15, 0.2) is 30.3 Å². The van der Waals surface area contributed by atoms with E-state index in [1.807, 2.05) is 30.3 Å². The number of hydrogen-bond donors (Lipinski definition) is 0. The molecule has 3 nitrogen and oxygen atoms in total. The van der Waals surface area contributed by atoms with E-state index in [2.05, 4.69) is 18.7 Å². The lowest BCUT2D eigenvalue weighted by molar-refractivity contribution is -0.123. The van der Waals surface area contributed by atoms with Gasteiger partial charge in [0.15, 0.2) is 5.78 Å². The van der Waals surface area contributed by atoms with Crippen molar-refractivity contribution in [2.24, 2.45) is 0 Å². The molecular weight excluding hydrogens is 226 g/mol. The maximum absolute atomic E-state index is 12.0. The monoisotopic (exact) mass is 247 g/mol. The van der Waals surface area contributed by atoms with E-state index in [1.165, 1.54) is 0 Å². The highest BCUT2D eigenvalue weighted by Gasteiger charge is 2.23. The van der Waals surface area contributed by atoms with E-state index >= 15 is 0 Å². The Kier molecular flexibility index (Phi) is 4.50. The molecule has 0 bridgehead atoms. The molecule has 98 valence electrons. The maximum Gasteiger partial charge on any atom is 0.151 e. The molecule has 0 aromatic heterocycles. The number of ether oxygens (including phenoxy) is 1. The fraction of sp³-hybridized carbons (Fsp3) is 0.533. The van der Waals surface area contributed by atoms with Crippen molar-refractivity contribution in [2.75, 3.05) is 19.6 Å². The number of hydrogen-bond acceptors (Lipinski definition) is 3. The summed E-state index contributed by atoms with van der Waals surface area (Å²) in [6.45, 7) is 6.36. The molecule has 0 saturated carbocycles. The van der Waals surface area contributed by atoms with Gasteiger partial charge in [0.05, 0.1) is 18.8 Å². The fourth-order valence-corrected chi connectivity index (χ4v) is 2.54. The van der Waals surface area contributed by atoms with Gasteiger partial charge in [-0.1, -0.05) is 30.3 Å². The minimum Gasteiger partial charge on any atom is -0.373 e. The van der Waals surface area contributed by atoms with Gasteiger partial charge in [-0.3, -0.25) is 9.69 Å². The lowest BCUT2D eigenvalue weighted by atomic mass is 10.1. The zero-order valence-electron chi connectivity index (χ0n) is 11.1. The summed E-state index contributed by atoms with van der Waals surface area (Å²) in [5, 5.41) is 0. The number of ketones is 1. The van der Waals surface area contributed by atoms with Crippen LogP contribution in [0.25, 0.3) is 0 Å². The Morgan fingerprint density at radius 2 is 1.83 bits per heavy atom. The summed E-state index contributed by atoms with van der Waals surface area (Å²) < 4.78 is 5.66. The van der Waals surface area contributed by atoms with Gasteiger partial charge in [0.1, 0.15) is 0 Å². The van der Waals surface area contributed by atoms with Crippen LogP contribution in [0, 0.1) is 0 Å². The summed E-state index contributed by atoms with van der Waals surface area (Å²) >= 11 is 0. The molecule has 0 spiro atoms. The largest absolute Gasteiger partial charge is 0.373 e. The summed E-state index contributed by atoms with van der Waals surface area (Å²) in [6.07, 6.45) is 0.970. The second-order valence-corrected chi connectivity index (χ2v) is 5.15. The number of carbonyl (C=O) groups is 1. The van der Waals surface area contributed by atoms with Crippen LogP contribution in [-0.2, 0) is 16.0 Å². The van der Waals surface area contributed by atoms with Gasteiger partial charge >= 0.3 is 0 Å². The van der Waals surface area contributed by atoms with Crippen LogP contribution in [0.1, 0.15) is 19.4 Å². The van der Waals surface area contributed by atoms with E-state index in [0.29, 0.717) is 13.0 Å². The van der Waals surface area contributed by atoms with E-state index in [0.717, 1.165) is 18.7 Å². The van der Waals surface area contributed by atoms with Crippen molar-refractivity contribution in [2.45, 2.75) is 32.5 Å². The fourth-order valence-electron chi connectivity index (χ4n) is 2.54. The third kappa shape index (κ3) is 3.93. The zero-order chi connectivity index (χ0) is 13.0.